The van der Waals surface area contributed by atoms with Gasteiger partial charge in [-0.3, -0.25) is 4.79 Å². The topological polar surface area (TPSA) is 105 Å². The van der Waals surface area contributed by atoms with Gasteiger partial charge in [-0.1, -0.05) is 75.2 Å². The van der Waals surface area contributed by atoms with Crippen LogP contribution >= 0.6 is 0 Å². The van der Waals surface area contributed by atoms with Gasteiger partial charge in [0.05, 0.1) is 0 Å². The second kappa shape index (κ2) is 10.9. The van der Waals surface area contributed by atoms with Gasteiger partial charge in [-0.25, -0.2) is 9.59 Å². The van der Waals surface area contributed by atoms with E-state index in [4.69, 9.17) is 4.74 Å². The Bertz CT molecular complexity index is 1040. The lowest BCUT2D eigenvalue weighted by Crippen LogP contribution is -2.46. The van der Waals surface area contributed by atoms with E-state index in [0.29, 0.717) is 6.42 Å². The molecule has 2 aromatic rings. The molecule has 2 aliphatic rings. The molecule has 2 amide bonds. The highest BCUT2D eigenvalue weighted by molar-refractivity contribution is 5.84. The molecule has 0 aliphatic heterocycles. The largest absolute Gasteiger partial charge is 0.480 e. The summed E-state index contributed by atoms with van der Waals surface area (Å²) in [5.41, 5.74) is 4.67. The van der Waals surface area contributed by atoms with E-state index in [1.54, 1.807) is 0 Å². The molecule has 2 aliphatic carbocycles. The minimum absolute atomic E-state index is 0.00758. The minimum atomic E-state index is -1.02. The molecule has 186 valence electrons. The van der Waals surface area contributed by atoms with Crippen LogP contribution < -0.4 is 10.6 Å². The van der Waals surface area contributed by atoms with E-state index in [2.05, 4.69) is 34.9 Å². The molecule has 4 atom stereocenters. The van der Waals surface area contributed by atoms with Crippen molar-refractivity contribution in [3.63, 3.8) is 0 Å². The minimum Gasteiger partial charge on any atom is -0.480 e. The number of nitrogens with one attached hydrogen (secondary N) is 2. The van der Waals surface area contributed by atoms with E-state index in [1.807, 2.05) is 38.1 Å². The quantitative estimate of drug-likeness (QED) is 0.485. The van der Waals surface area contributed by atoms with Gasteiger partial charge in [0.15, 0.2) is 0 Å². The average molecular weight is 479 g/mol. The monoisotopic (exact) mass is 478 g/mol. The van der Waals surface area contributed by atoms with Crippen LogP contribution in [0.4, 0.5) is 4.79 Å². The Kier molecular flexibility index (Phi) is 7.73. The number of hydrogen-bond acceptors (Lipinski definition) is 4. The first-order valence-corrected chi connectivity index (χ1v) is 12.5. The van der Waals surface area contributed by atoms with Gasteiger partial charge in [-0.2, -0.15) is 0 Å². The average Bonchev–Trinajstić information content (AvgIpc) is 3.42. The van der Waals surface area contributed by atoms with Crippen LogP contribution in [0.5, 0.6) is 0 Å². The predicted molar refractivity (Wildman–Crippen MR) is 133 cm³/mol. The van der Waals surface area contributed by atoms with E-state index in [1.165, 1.54) is 11.1 Å². The predicted octanol–water partition coefficient (Wildman–Crippen LogP) is 4.70. The number of hydrogen-bond donors (Lipinski definition) is 3. The maximum absolute atomic E-state index is 12.7. The fourth-order valence-electron chi connectivity index (χ4n) is 5.42. The Morgan fingerprint density at radius 3 is 2.26 bits per heavy atom. The molecule has 1 saturated carbocycles. The van der Waals surface area contributed by atoms with Crippen LogP contribution in [0.3, 0.4) is 0 Å². The molecule has 0 bridgehead atoms. The highest BCUT2D eigenvalue weighted by atomic mass is 16.5. The van der Waals surface area contributed by atoms with Gasteiger partial charge in [0.1, 0.15) is 12.6 Å². The smallest absolute Gasteiger partial charge is 0.407 e. The van der Waals surface area contributed by atoms with Gasteiger partial charge < -0.3 is 20.5 Å². The number of rotatable bonds is 9. The SMILES string of the molecule is CCC(C)C(NC(=O)CC1CCCC1NC(=O)OCC1c2ccccc2-c2ccccc21)C(=O)O. The van der Waals surface area contributed by atoms with Crippen molar-refractivity contribution in [1.29, 1.82) is 0 Å². The lowest BCUT2D eigenvalue weighted by atomic mass is 9.96. The first-order chi connectivity index (χ1) is 16.9. The lowest BCUT2D eigenvalue weighted by Gasteiger charge is -2.24. The van der Waals surface area contributed by atoms with Crippen molar-refractivity contribution in [2.75, 3.05) is 6.61 Å². The number of carbonyl (C=O) groups is 3. The molecule has 35 heavy (non-hydrogen) atoms. The Labute approximate surface area is 206 Å². The molecule has 0 heterocycles. The van der Waals surface area contributed by atoms with Crippen LogP contribution in [0.25, 0.3) is 11.1 Å². The maximum Gasteiger partial charge on any atom is 0.407 e. The van der Waals surface area contributed by atoms with E-state index in [9.17, 15) is 19.5 Å². The summed E-state index contributed by atoms with van der Waals surface area (Å²) >= 11 is 0. The van der Waals surface area contributed by atoms with E-state index >= 15 is 0 Å². The first-order valence-electron chi connectivity index (χ1n) is 12.5. The van der Waals surface area contributed by atoms with Crippen LogP contribution in [-0.2, 0) is 14.3 Å². The number of alkyl carbamates (subject to hydrolysis) is 1. The Hall–Kier alpha value is -3.35. The third kappa shape index (κ3) is 5.50. The van der Waals surface area contributed by atoms with Gasteiger partial charge in [-0.05, 0) is 46.9 Å². The number of ether oxygens (including phenoxy) is 1. The number of benzene rings is 2. The molecular formula is C28H34N2O5. The normalized spacial score (nSPS) is 20.4. The number of fused-ring (bicyclic) bond motifs is 3. The van der Waals surface area contributed by atoms with Crippen molar-refractivity contribution < 1.29 is 24.2 Å². The van der Waals surface area contributed by atoms with Crippen LogP contribution in [0.1, 0.15) is 63.0 Å². The van der Waals surface area contributed by atoms with Gasteiger partial charge in [-0.15, -0.1) is 0 Å². The number of carboxylic acids is 1. The Balaban J connectivity index is 1.32. The highest BCUT2D eigenvalue weighted by Gasteiger charge is 2.34. The van der Waals surface area contributed by atoms with Gasteiger partial charge in [0.25, 0.3) is 0 Å². The highest BCUT2D eigenvalue weighted by Crippen LogP contribution is 2.44. The number of amides is 2. The first kappa shape index (κ1) is 24.8. The summed E-state index contributed by atoms with van der Waals surface area (Å²) < 4.78 is 5.67. The molecular weight excluding hydrogens is 444 g/mol. The summed E-state index contributed by atoms with van der Waals surface area (Å²) in [6, 6.07) is 15.3. The molecule has 3 N–H and O–H groups in total. The van der Waals surface area contributed by atoms with Crippen molar-refractivity contribution in [2.24, 2.45) is 11.8 Å². The number of aliphatic carboxylic acids is 1. The Morgan fingerprint density at radius 1 is 1.03 bits per heavy atom. The van der Waals surface area contributed by atoms with Crippen LogP contribution in [0.2, 0.25) is 0 Å². The second-order valence-corrected chi connectivity index (χ2v) is 9.74. The zero-order valence-corrected chi connectivity index (χ0v) is 20.3. The second-order valence-electron chi connectivity index (χ2n) is 9.74. The number of carbonyl (C=O) groups excluding carboxylic acids is 2. The van der Waals surface area contributed by atoms with E-state index < -0.39 is 18.1 Å². The fourth-order valence-corrected chi connectivity index (χ4v) is 5.42. The zero-order valence-electron chi connectivity index (χ0n) is 20.3. The number of carboxylic acid groups (broad SMARTS) is 1. The fraction of sp³-hybridized carbons (Fsp3) is 0.464. The summed E-state index contributed by atoms with van der Waals surface area (Å²) in [6.45, 7) is 3.96. The van der Waals surface area contributed by atoms with Crippen molar-refractivity contribution >= 4 is 18.0 Å². The Morgan fingerprint density at radius 2 is 1.66 bits per heavy atom. The molecule has 2 aromatic carbocycles. The van der Waals surface area contributed by atoms with Crippen molar-refractivity contribution in [3.05, 3.63) is 59.7 Å². The van der Waals surface area contributed by atoms with Crippen molar-refractivity contribution in [2.45, 2.75) is 64.0 Å². The van der Waals surface area contributed by atoms with E-state index in [-0.39, 0.29) is 42.7 Å². The summed E-state index contributed by atoms with van der Waals surface area (Å²) in [4.78, 5) is 36.8. The zero-order chi connectivity index (χ0) is 24.9. The van der Waals surface area contributed by atoms with Crippen LogP contribution in [0.15, 0.2) is 48.5 Å². The standard InChI is InChI=1S/C28H34N2O5/c1-3-17(2)26(27(32)33)30-25(31)15-18-9-8-14-24(18)29-28(34)35-16-23-21-12-6-4-10-19(21)20-11-5-7-13-22(20)23/h4-7,10-13,17-18,23-24,26H,3,8-9,14-16H2,1-2H3,(H,29,34)(H,30,31)(H,32,33). The molecule has 0 spiro atoms. The molecule has 1 fully saturated rings. The summed E-state index contributed by atoms with van der Waals surface area (Å²) in [7, 11) is 0. The maximum atomic E-state index is 12.7. The van der Waals surface area contributed by atoms with Crippen molar-refractivity contribution in [1.82, 2.24) is 10.6 Å². The third-order valence-electron chi connectivity index (χ3n) is 7.55. The van der Waals surface area contributed by atoms with Gasteiger partial charge in [0, 0.05) is 18.4 Å². The molecule has 0 radical (unpaired) electrons. The van der Waals surface area contributed by atoms with Gasteiger partial charge in [0.2, 0.25) is 5.91 Å². The van der Waals surface area contributed by atoms with E-state index in [0.717, 1.165) is 30.4 Å². The summed E-state index contributed by atoms with van der Waals surface area (Å²) in [5.74, 6) is -1.51. The molecule has 7 nitrogen and oxygen atoms in total. The van der Waals surface area contributed by atoms with Crippen molar-refractivity contribution in [3.8, 4) is 11.1 Å². The summed E-state index contributed by atoms with van der Waals surface area (Å²) in [5, 5.41) is 15.1. The van der Waals surface area contributed by atoms with Gasteiger partial charge >= 0.3 is 12.1 Å². The lowest BCUT2D eigenvalue weighted by molar-refractivity contribution is -0.143. The molecule has 0 aromatic heterocycles. The van der Waals surface area contributed by atoms with Crippen LogP contribution in [-0.4, -0.2) is 41.8 Å². The molecule has 7 heteroatoms. The molecule has 4 unspecified atom stereocenters. The summed E-state index contributed by atoms with van der Waals surface area (Å²) in [6.07, 6.45) is 2.85. The third-order valence-corrected chi connectivity index (χ3v) is 7.55. The van der Waals surface area contributed by atoms with Crippen LogP contribution in [0, 0.1) is 11.8 Å². The molecule has 4 rings (SSSR count). The molecule has 0 saturated heterocycles.